The summed E-state index contributed by atoms with van der Waals surface area (Å²) in [4.78, 5) is 0. The van der Waals surface area contributed by atoms with Gasteiger partial charge >= 0.3 is 0 Å². The van der Waals surface area contributed by atoms with Gasteiger partial charge in [-0.25, -0.2) is 0 Å². The lowest BCUT2D eigenvalue weighted by Gasteiger charge is -2.06. The molecule has 90 valence electrons. The van der Waals surface area contributed by atoms with Crippen LogP contribution in [0.4, 0.5) is 0 Å². The number of furan rings is 1. The smallest absolute Gasteiger partial charge is 0.117 e. The van der Waals surface area contributed by atoms with Gasteiger partial charge in [0.2, 0.25) is 0 Å². The number of rotatable bonds is 4. The minimum atomic E-state index is 0.771. The lowest BCUT2D eigenvalue weighted by molar-refractivity contribution is 0.478. The maximum atomic E-state index is 5.29. The molecular formula is C13H17N3O. The fraction of sp³-hybridized carbons (Fsp3) is 0.462. The van der Waals surface area contributed by atoms with Crippen LogP contribution in [0.25, 0.3) is 0 Å². The molecule has 2 aromatic rings. The molecule has 1 aliphatic carbocycles. The molecule has 0 atom stereocenters. The van der Waals surface area contributed by atoms with Crippen molar-refractivity contribution in [1.82, 2.24) is 15.1 Å². The molecule has 0 bridgehead atoms. The third kappa shape index (κ3) is 2.00. The van der Waals surface area contributed by atoms with E-state index in [0.717, 1.165) is 25.3 Å². The van der Waals surface area contributed by atoms with E-state index >= 15 is 0 Å². The molecular weight excluding hydrogens is 214 g/mol. The van der Waals surface area contributed by atoms with Crippen molar-refractivity contribution in [3.05, 3.63) is 41.1 Å². The summed E-state index contributed by atoms with van der Waals surface area (Å²) in [6.07, 6.45) is 5.28. The molecule has 1 aliphatic rings. The normalized spacial score (nSPS) is 14.2. The Morgan fingerprint density at radius 2 is 2.35 bits per heavy atom. The van der Waals surface area contributed by atoms with Crippen molar-refractivity contribution in [2.24, 2.45) is 7.05 Å². The molecule has 0 amide bonds. The number of hydrogen-bond donors (Lipinski definition) is 1. The number of fused-ring (bicyclic) bond motifs is 1. The van der Waals surface area contributed by atoms with Crippen molar-refractivity contribution in [3.8, 4) is 0 Å². The van der Waals surface area contributed by atoms with Crippen LogP contribution < -0.4 is 5.32 Å². The van der Waals surface area contributed by atoms with Crippen LogP contribution in [0.15, 0.2) is 22.8 Å². The molecule has 4 heteroatoms. The number of aromatic nitrogens is 2. The predicted molar refractivity (Wildman–Crippen MR) is 64.5 cm³/mol. The van der Waals surface area contributed by atoms with E-state index < -0.39 is 0 Å². The number of hydrogen-bond acceptors (Lipinski definition) is 3. The van der Waals surface area contributed by atoms with Crippen LogP contribution in [0.2, 0.25) is 0 Å². The van der Waals surface area contributed by atoms with Crippen molar-refractivity contribution >= 4 is 0 Å². The first kappa shape index (κ1) is 10.6. The summed E-state index contributed by atoms with van der Waals surface area (Å²) in [5, 5.41) is 7.97. The second-order valence-electron chi connectivity index (χ2n) is 4.53. The van der Waals surface area contributed by atoms with Crippen molar-refractivity contribution in [2.45, 2.75) is 32.4 Å². The van der Waals surface area contributed by atoms with Crippen LogP contribution in [0.1, 0.15) is 29.1 Å². The van der Waals surface area contributed by atoms with E-state index in [2.05, 4.69) is 10.4 Å². The summed E-state index contributed by atoms with van der Waals surface area (Å²) in [7, 11) is 2.03. The van der Waals surface area contributed by atoms with E-state index in [-0.39, 0.29) is 0 Å². The van der Waals surface area contributed by atoms with Crippen molar-refractivity contribution in [3.63, 3.8) is 0 Å². The Balaban J connectivity index is 1.65. The summed E-state index contributed by atoms with van der Waals surface area (Å²) in [5.41, 5.74) is 4.07. The summed E-state index contributed by atoms with van der Waals surface area (Å²) < 4.78 is 7.30. The van der Waals surface area contributed by atoms with Crippen molar-refractivity contribution in [1.29, 1.82) is 0 Å². The van der Waals surface area contributed by atoms with Crippen LogP contribution in [-0.2, 0) is 33.0 Å². The quantitative estimate of drug-likeness (QED) is 0.872. The summed E-state index contributed by atoms with van der Waals surface area (Å²) in [6, 6.07) is 3.90. The Labute approximate surface area is 101 Å². The second-order valence-corrected chi connectivity index (χ2v) is 4.53. The molecule has 0 unspecified atom stereocenters. The Morgan fingerprint density at radius 3 is 3.18 bits per heavy atom. The van der Waals surface area contributed by atoms with E-state index in [4.69, 9.17) is 4.42 Å². The van der Waals surface area contributed by atoms with Crippen LogP contribution in [0.3, 0.4) is 0 Å². The number of nitrogens with one attached hydrogen (secondary N) is 1. The molecule has 4 nitrogen and oxygen atoms in total. The van der Waals surface area contributed by atoms with Gasteiger partial charge < -0.3 is 9.73 Å². The Kier molecular flexibility index (Phi) is 2.73. The standard InChI is InChI=1S/C13H17N3O/c1-16-13(11-5-2-6-12(11)15-16)9-14-8-10-4-3-7-17-10/h3-4,7,14H,2,5-6,8-9H2,1H3. The third-order valence-electron chi connectivity index (χ3n) is 3.37. The molecule has 0 aliphatic heterocycles. The monoisotopic (exact) mass is 231 g/mol. The molecule has 1 N–H and O–H groups in total. The largest absolute Gasteiger partial charge is 0.468 e. The van der Waals surface area contributed by atoms with Crippen molar-refractivity contribution < 1.29 is 4.42 Å². The average Bonchev–Trinajstić information content (AvgIpc) is 2.98. The Hall–Kier alpha value is -1.55. The van der Waals surface area contributed by atoms with E-state index in [9.17, 15) is 0 Å². The van der Waals surface area contributed by atoms with Crippen LogP contribution in [0, 0.1) is 0 Å². The van der Waals surface area contributed by atoms with E-state index in [0.29, 0.717) is 0 Å². The molecule has 0 aromatic carbocycles. The topological polar surface area (TPSA) is 43.0 Å². The van der Waals surface area contributed by atoms with Gasteiger partial charge in [0.05, 0.1) is 24.2 Å². The molecule has 2 heterocycles. The van der Waals surface area contributed by atoms with Crippen LogP contribution in [-0.4, -0.2) is 9.78 Å². The molecule has 0 radical (unpaired) electrons. The second kappa shape index (κ2) is 4.37. The number of aryl methyl sites for hydroxylation is 2. The Bertz CT molecular complexity index is 499. The zero-order valence-electron chi connectivity index (χ0n) is 10.1. The third-order valence-corrected chi connectivity index (χ3v) is 3.37. The SMILES string of the molecule is Cn1nc2c(c1CNCc1ccco1)CCC2. The lowest BCUT2D eigenvalue weighted by Crippen LogP contribution is -2.16. The molecule has 3 rings (SSSR count). The number of nitrogens with zero attached hydrogens (tertiary/aromatic N) is 2. The first-order chi connectivity index (χ1) is 8.34. The molecule has 2 aromatic heterocycles. The molecule has 0 fully saturated rings. The van der Waals surface area contributed by atoms with Gasteiger partial charge in [0.1, 0.15) is 5.76 Å². The van der Waals surface area contributed by atoms with E-state index in [1.54, 1.807) is 6.26 Å². The van der Waals surface area contributed by atoms with Crippen LogP contribution in [0.5, 0.6) is 0 Å². The van der Waals surface area contributed by atoms with Gasteiger partial charge in [-0.3, -0.25) is 4.68 Å². The molecule has 0 spiro atoms. The predicted octanol–water partition coefficient (Wildman–Crippen LogP) is 1.79. The zero-order valence-corrected chi connectivity index (χ0v) is 10.1. The maximum Gasteiger partial charge on any atom is 0.117 e. The van der Waals surface area contributed by atoms with Gasteiger partial charge in [-0.15, -0.1) is 0 Å². The van der Waals surface area contributed by atoms with Gasteiger partial charge in [-0.05, 0) is 37.0 Å². The highest BCUT2D eigenvalue weighted by Crippen LogP contribution is 2.24. The zero-order chi connectivity index (χ0) is 11.7. The maximum absolute atomic E-state index is 5.29. The Morgan fingerprint density at radius 1 is 1.41 bits per heavy atom. The molecule has 0 saturated carbocycles. The minimum absolute atomic E-state index is 0.771. The molecule has 0 saturated heterocycles. The highest BCUT2D eigenvalue weighted by Gasteiger charge is 2.20. The fourth-order valence-electron chi connectivity index (χ4n) is 2.52. The van der Waals surface area contributed by atoms with Crippen molar-refractivity contribution in [2.75, 3.05) is 0 Å². The summed E-state index contributed by atoms with van der Waals surface area (Å²) in [6.45, 7) is 1.63. The van der Waals surface area contributed by atoms with Gasteiger partial charge in [-0.1, -0.05) is 0 Å². The first-order valence-corrected chi connectivity index (χ1v) is 6.11. The lowest BCUT2D eigenvalue weighted by atomic mass is 10.2. The van der Waals surface area contributed by atoms with E-state index in [1.165, 1.54) is 29.8 Å². The van der Waals surface area contributed by atoms with Gasteiger partial charge in [0, 0.05) is 13.6 Å². The average molecular weight is 231 g/mol. The molecule has 17 heavy (non-hydrogen) atoms. The highest BCUT2D eigenvalue weighted by molar-refractivity contribution is 5.30. The van der Waals surface area contributed by atoms with Gasteiger partial charge in [0.25, 0.3) is 0 Å². The minimum Gasteiger partial charge on any atom is -0.468 e. The fourth-order valence-corrected chi connectivity index (χ4v) is 2.52. The van der Waals surface area contributed by atoms with Gasteiger partial charge in [0.15, 0.2) is 0 Å². The summed E-state index contributed by atoms with van der Waals surface area (Å²) in [5.74, 6) is 0.976. The first-order valence-electron chi connectivity index (χ1n) is 6.11. The summed E-state index contributed by atoms with van der Waals surface area (Å²) >= 11 is 0. The van der Waals surface area contributed by atoms with E-state index in [1.807, 2.05) is 23.9 Å². The highest BCUT2D eigenvalue weighted by atomic mass is 16.3. The van der Waals surface area contributed by atoms with Gasteiger partial charge in [-0.2, -0.15) is 5.10 Å². The van der Waals surface area contributed by atoms with Crippen LogP contribution >= 0.6 is 0 Å².